The number of nitrogens with one attached hydrogen (secondary N) is 1. The van der Waals surface area contributed by atoms with E-state index in [1.54, 1.807) is 11.3 Å². The summed E-state index contributed by atoms with van der Waals surface area (Å²) in [4.78, 5) is 9.30. The molecule has 0 atom stereocenters. The molecule has 2 aromatic rings. The Balaban J connectivity index is 2.11. The monoisotopic (exact) mass is 298 g/mol. The molecule has 6 heteroatoms. The maximum Gasteiger partial charge on any atom is 0.146 e. The summed E-state index contributed by atoms with van der Waals surface area (Å²) in [6.45, 7) is 2.84. The van der Waals surface area contributed by atoms with Crippen LogP contribution in [-0.4, -0.2) is 9.97 Å². The largest absolute Gasteiger partial charge is 0.383 e. The first-order chi connectivity index (χ1) is 7.68. The minimum atomic E-state index is 0.445. The number of nitrogen functional groups attached to an aromatic ring is 1. The number of hydrogen-bond donors (Lipinski definition) is 2. The van der Waals surface area contributed by atoms with Gasteiger partial charge in [-0.2, -0.15) is 0 Å². The maximum atomic E-state index is 5.66. The average Bonchev–Trinajstić information content (AvgIpc) is 2.67. The fourth-order valence-electron chi connectivity index (χ4n) is 1.26. The van der Waals surface area contributed by atoms with Crippen molar-refractivity contribution in [2.24, 2.45) is 0 Å². The van der Waals surface area contributed by atoms with Gasteiger partial charge in [-0.25, -0.2) is 9.97 Å². The van der Waals surface area contributed by atoms with Crippen LogP contribution in [0.3, 0.4) is 0 Å². The zero-order valence-corrected chi connectivity index (χ0v) is 11.1. The van der Waals surface area contributed by atoms with Gasteiger partial charge in [0.05, 0.1) is 6.54 Å². The van der Waals surface area contributed by atoms with Crippen molar-refractivity contribution < 1.29 is 0 Å². The summed E-state index contributed by atoms with van der Waals surface area (Å²) >= 11 is 5.08. The third-order valence-electron chi connectivity index (χ3n) is 2.20. The molecular formula is C10H11BrN4S. The fraction of sp³-hybridized carbons (Fsp3) is 0.200. The first-order valence-electron chi connectivity index (χ1n) is 4.71. The summed E-state index contributed by atoms with van der Waals surface area (Å²) in [5, 5.41) is 5.31. The summed E-state index contributed by atoms with van der Waals surface area (Å²) in [6, 6.07) is 2.10. The van der Waals surface area contributed by atoms with Gasteiger partial charge in [0, 0.05) is 4.88 Å². The lowest BCUT2D eigenvalue weighted by Crippen LogP contribution is -2.04. The number of rotatable bonds is 3. The van der Waals surface area contributed by atoms with Crippen molar-refractivity contribution >= 4 is 38.9 Å². The molecule has 0 unspecified atom stereocenters. The van der Waals surface area contributed by atoms with Crippen LogP contribution in [0.2, 0.25) is 0 Å². The lowest BCUT2D eigenvalue weighted by molar-refractivity contribution is 1.08. The van der Waals surface area contributed by atoms with Gasteiger partial charge in [-0.3, -0.25) is 0 Å². The van der Waals surface area contributed by atoms with Crippen molar-refractivity contribution in [1.82, 2.24) is 9.97 Å². The number of halogens is 1. The van der Waals surface area contributed by atoms with Crippen molar-refractivity contribution in [2.75, 3.05) is 11.1 Å². The summed E-state index contributed by atoms with van der Waals surface area (Å²) in [5.41, 5.74) is 6.95. The molecule has 2 aromatic heterocycles. The number of hydrogen-bond acceptors (Lipinski definition) is 5. The van der Waals surface area contributed by atoms with E-state index in [0.717, 1.165) is 12.4 Å². The van der Waals surface area contributed by atoms with E-state index in [0.29, 0.717) is 10.3 Å². The van der Waals surface area contributed by atoms with Crippen LogP contribution in [0, 0.1) is 6.92 Å². The highest BCUT2D eigenvalue weighted by Crippen LogP contribution is 2.25. The summed E-state index contributed by atoms with van der Waals surface area (Å²) in [6.07, 6.45) is 1.45. The van der Waals surface area contributed by atoms with Gasteiger partial charge in [-0.05, 0) is 39.9 Å². The molecule has 0 radical (unpaired) electrons. The number of aryl methyl sites for hydroxylation is 1. The molecule has 0 aliphatic heterocycles. The van der Waals surface area contributed by atoms with Crippen molar-refractivity contribution in [3.63, 3.8) is 0 Å². The number of anilines is 2. The van der Waals surface area contributed by atoms with Gasteiger partial charge in [0.1, 0.15) is 22.4 Å². The van der Waals surface area contributed by atoms with Gasteiger partial charge in [0.25, 0.3) is 0 Å². The van der Waals surface area contributed by atoms with Crippen LogP contribution in [0.1, 0.15) is 10.4 Å². The van der Waals surface area contributed by atoms with Crippen LogP contribution >= 0.6 is 27.3 Å². The molecule has 0 spiro atoms. The Hall–Kier alpha value is -1.14. The van der Waals surface area contributed by atoms with Gasteiger partial charge in [0.15, 0.2) is 0 Å². The first-order valence-corrected chi connectivity index (χ1v) is 6.38. The molecule has 0 saturated heterocycles. The molecule has 2 rings (SSSR count). The maximum absolute atomic E-state index is 5.66. The van der Waals surface area contributed by atoms with Crippen LogP contribution in [0.4, 0.5) is 11.6 Å². The Bertz CT molecular complexity index is 497. The molecule has 0 aliphatic carbocycles. The van der Waals surface area contributed by atoms with Gasteiger partial charge < -0.3 is 11.1 Å². The van der Waals surface area contributed by atoms with Crippen LogP contribution in [0.25, 0.3) is 0 Å². The van der Waals surface area contributed by atoms with Crippen LogP contribution in [-0.2, 0) is 6.54 Å². The Labute approximate surface area is 106 Å². The highest BCUT2D eigenvalue weighted by Gasteiger charge is 2.06. The third-order valence-corrected chi connectivity index (χ3v) is 4.01. The smallest absolute Gasteiger partial charge is 0.146 e. The first kappa shape index (κ1) is 11.3. The average molecular weight is 299 g/mol. The molecule has 4 nitrogen and oxygen atoms in total. The molecule has 16 heavy (non-hydrogen) atoms. The normalized spacial score (nSPS) is 10.4. The molecule has 3 N–H and O–H groups in total. The second-order valence-electron chi connectivity index (χ2n) is 3.30. The predicted molar refractivity (Wildman–Crippen MR) is 70.5 cm³/mol. The Morgan fingerprint density at radius 3 is 3.00 bits per heavy atom. The quantitative estimate of drug-likeness (QED) is 0.914. The van der Waals surface area contributed by atoms with E-state index in [1.807, 2.05) is 0 Å². The predicted octanol–water partition coefficient (Wildman–Crippen LogP) is 2.80. The summed E-state index contributed by atoms with van der Waals surface area (Å²) < 4.78 is 0.712. The molecule has 0 fully saturated rings. The minimum absolute atomic E-state index is 0.445. The van der Waals surface area contributed by atoms with Gasteiger partial charge in [0.2, 0.25) is 0 Å². The molecule has 0 aromatic carbocycles. The van der Waals surface area contributed by atoms with Crippen molar-refractivity contribution in [2.45, 2.75) is 13.5 Å². The van der Waals surface area contributed by atoms with E-state index in [4.69, 9.17) is 5.73 Å². The standard InChI is InChI=1S/C10H11BrN4S/c1-6-2-3-16-7(6)4-13-10-8(11)9(12)14-5-15-10/h2-3,5H,4H2,1H3,(H3,12,13,14,15). The molecular weight excluding hydrogens is 288 g/mol. The second-order valence-corrected chi connectivity index (χ2v) is 5.10. The van der Waals surface area contributed by atoms with E-state index in [-0.39, 0.29) is 0 Å². The lowest BCUT2D eigenvalue weighted by Gasteiger charge is -2.07. The van der Waals surface area contributed by atoms with E-state index in [2.05, 4.69) is 49.6 Å². The van der Waals surface area contributed by atoms with Crippen LogP contribution in [0.5, 0.6) is 0 Å². The summed E-state index contributed by atoms with van der Waals surface area (Å²) in [7, 11) is 0. The Morgan fingerprint density at radius 2 is 2.31 bits per heavy atom. The highest BCUT2D eigenvalue weighted by molar-refractivity contribution is 9.10. The number of aromatic nitrogens is 2. The number of nitrogens with two attached hydrogens (primary N) is 1. The Kier molecular flexibility index (Phi) is 3.40. The zero-order chi connectivity index (χ0) is 11.5. The van der Waals surface area contributed by atoms with Gasteiger partial charge in [-0.1, -0.05) is 0 Å². The SMILES string of the molecule is Cc1ccsc1CNc1ncnc(N)c1Br. The molecule has 0 aliphatic rings. The second kappa shape index (κ2) is 4.80. The highest BCUT2D eigenvalue weighted by atomic mass is 79.9. The molecule has 2 heterocycles. The topological polar surface area (TPSA) is 63.8 Å². The third kappa shape index (κ3) is 2.33. The van der Waals surface area contributed by atoms with E-state index in [1.165, 1.54) is 16.8 Å². The van der Waals surface area contributed by atoms with Crippen molar-refractivity contribution in [3.8, 4) is 0 Å². The van der Waals surface area contributed by atoms with E-state index in [9.17, 15) is 0 Å². The van der Waals surface area contributed by atoms with Crippen LogP contribution < -0.4 is 11.1 Å². The van der Waals surface area contributed by atoms with E-state index >= 15 is 0 Å². The molecule has 0 bridgehead atoms. The molecule has 0 amide bonds. The van der Waals surface area contributed by atoms with Crippen LogP contribution in [0.15, 0.2) is 22.2 Å². The Morgan fingerprint density at radius 1 is 1.50 bits per heavy atom. The zero-order valence-electron chi connectivity index (χ0n) is 8.70. The number of thiophene rings is 1. The van der Waals surface area contributed by atoms with Crippen molar-refractivity contribution in [1.29, 1.82) is 0 Å². The molecule has 0 saturated carbocycles. The van der Waals surface area contributed by atoms with Gasteiger partial charge >= 0.3 is 0 Å². The fourth-order valence-corrected chi connectivity index (χ4v) is 2.45. The lowest BCUT2D eigenvalue weighted by atomic mass is 10.3. The molecule has 84 valence electrons. The van der Waals surface area contributed by atoms with Gasteiger partial charge in [-0.15, -0.1) is 11.3 Å². The summed E-state index contributed by atoms with van der Waals surface area (Å²) in [5.74, 6) is 1.17. The van der Waals surface area contributed by atoms with E-state index < -0.39 is 0 Å². The number of nitrogens with zero attached hydrogens (tertiary/aromatic N) is 2. The minimum Gasteiger partial charge on any atom is -0.383 e. The van der Waals surface area contributed by atoms with Crippen molar-refractivity contribution in [3.05, 3.63) is 32.7 Å².